The van der Waals surface area contributed by atoms with Crippen molar-refractivity contribution in [3.63, 3.8) is 0 Å². The lowest BCUT2D eigenvalue weighted by Crippen LogP contribution is -2.37. The first-order valence-corrected chi connectivity index (χ1v) is 11.1. The van der Waals surface area contributed by atoms with Gasteiger partial charge in [0.15, 0.2) is 5.78 Å². The maximum Gasteiger partial charge on any atom is 0.187 e. The first-order valence-electron chi connectivity index (χ1n) is 11.1. The van der Waals surface area contributed by atoms with Gasteiger partial charge in [-0.15, -0.1) is 0 Å². The molecule has 4 heteroatoms. The zero-order valence-corrected chi connectivity index (χ0v) is 19.2. The minimum Gasteiger partial charge on any atom is -0.490 e. The molecule has 0 bridgehead atoms. The highest BCUT2D eigenvalue weighted by atomic mass is 16.5. The van der Waals surface area contributed by atoms with Gasteiger partial charge in [-0.3, -0.25) is 9.69 Å². The van der Waals surface area contributed by atoms with Gasteiger partial charge in [-0.1, -0.05) is 43.3 Å². The number of hydrogen-bond donors (Lipinski definition) is 0. The molecule has 1 fully saturated rings. The van der Waals surface area contributed by atoms with Crippen LogP contribution in [0.5, 0.6) is 11.5 Å². The highest BCUT2D eigenvalue weighted by Crippen LogP contribution is 2.28. The van der Waals surface area contributed by atoms with Gasteiger partial charge < -0.3 is 9.47 Å². The summed E-state index contributed by atoms with van der Waals surface area (Å²) in [6.45, 7) is 12.3. The predicted octanol–water partition coefficient (Wildman–Crippen LogP) is 5.63. The normalized spacial score (nSPS) is 17.7. The average Bonchev–Trinajstić information content (AvgIpc) is 2.72. The number of Topliss-reactive ketones (excluding diaryl/α,β-unsaturated/α-hetero) is 1. The van der Waals surface area contributed by atoms with E-state index >= 15 is 0 Å². The van der Waals surface area contributed by atoms with E-state index in [0.29, 0.717) is 13.1 Å². The first kappa shape index (κ1) is 22.8. The molecule has 164 valence electrons. The van der Waals surface area contributed by atoms with Gasteiger partial charge in [0, 0.05) is 35.4 Å². The fourth-order valence-electron chi connectivity index (χ4n) is 3.63. The molecular formula is C27H33NO3. The van der Waals surface area contributed by atoms with Gasteiger partial charge in [0.1, 0.15) is 11.5 Å². The van der Waals surface area contributed by atoms with Crippen molar-refractivity contribution in [1.29, 1.82) is 0 Å². The summed E-state index contributed by atoms with van der Waals surface area (Å²) in [5, 5.41) is 0. The topological polar surface area (TPSA) is 38.8 Å². The number of rotatable bonds is 7. The summed E-state index contributed by atoms with van der Waals surface area (Å²) in [4.78, 5) is 15.7. The Hall–Kier alpha value is -2.85. The molecule has 4 nitrogen and oxygen atoms in total. The molecule has 0 unspecified atom stereocenters. The molecule has 2 aromatic rings. The average molecular weight is 420 g/mol. The number of carbonyl (C=O) groups is 1. The van der Waals surface area contributed by atoms with E-state index in [0.717, 1.165) is 40.3 Å². The van der Waals surface area contributed by atoms with Gasteiger partial charge in [0.05, 0.1) is 12.2 Å². The van der Waals surface area contributed by atoms with Crippen molar-refractivity contribution in [3.8, 4) is 11.5 Å². The van der Waals surface area contributed by atoms with Crippen LogP contribution in [0.15, 0.2) is 59.7 Å². The van der Waals surface area contributed by atoms with E-state index in [2.05, 4.69) is 11.8 Å². The van der Waals surface area contributed by atoms with E-state index in [1.54, 1.807) is 0 Å². The highest BCUT2D eigenvalue weighted by molar-refractivity contribution is 6.14. The zero-order chi connectivity index (χ0) is 22.4. The van der Waals surface area contributed by atoms with Gasteiger partial charge in [-0.25, -0.2) is 0 Å². The summed E-state index contributed by atoms with van der Waals surface area (Å²) in [7, 11) is 0. The zero-order valence-electron chi connectivity index (χ0n) is 19.2. The lowest BCUT2D eigenvalue weighted by molar-refractivity contribution is -0.113. The molecular weight excluding hydrogens is 386 g/mol. The molecule has 0 aromatic heterocycles. The van der Waals surface area contributed by atoms with Crippen molar-refractivity contribution in [2.45, 2.75) is 46.8 Å². The third-order valence-electron chi connectivity index (χ3n) is 5.04. The summed E-state index contributed by atoms with van der Waals surface area (Å²) in [6, 6.07) is 15.8. The number of likely N-dealkylation sites (N-methyl/N-ethyl adjacent to an activating group) is 1. The Morgan fingerprint density at radius 3 is 1.61 bits per heavy atom. The summed E-state index contributed by atoms with van der Waals surface area (Å²) >= 11 is 0. The number of ketones is 1. The number of hydrogen-bond acceptors (Lipinski definition) is 4. The minimum absolute atomic E-state index is 0.0710. The van der Waals surface area contributed by atoms with Crippen LogP contribution in [0.4, 0.5) is 0 Å². The SMILES string of the molecule is CCN1C/C(=C\c2ccccc2OC(C)C)C(=O)/C(=C/c2ccccc2OC(C)C)C1. The number of ether oxygens (including phenoxy) is 2. The Balaban J connectivity index is 1.98. The Morgan fingerprint density at radius 2 is 1.23 bits per heavy atom. The lowest BCUT2D eigenvalue weighted by atomic mass is 9.94. The number of para-hydroxylation sites is 2. The van der Waals surface area contributed by atoms with Gasteiger partial charge in [-0.05, 0) is 58.5 Å². The number of carbonyl (C=O) groups excluding carboxylic acids is 1. The fraction of sp³-hybridized carbons (Fsp3) is 0.370. The quantitative estimate of drug-likeness (QED) is 0.545. The van der Waals surface area contributed by atoms with Gasteiger partial charge in [0.25, 0.3) is 0 Å². The van der Waals surface area contributed by atoms with Gasteiger partial charge >= 0.3 is 0 Å². The molecule has 1 saturated heterocycles. The van der Waals surface area contributed by atoms with Crippen LogP contribution < -0.4 is 9.47 Å². The maximum absolute atomic E-state index is 13.4. The summed E-state index contributed by atoms with van der Waals surface area (Å²) in [5.74, 6) is 1.68. The van der Waals surface area contributed by atoms with Crippen molar-refractivity contribution in [2.75, 3.05) is 19.6 Å². The van der Waals surface area contributed by atoms with E-state index in [4.69, 9.17) is 9.47 Å². The van der Waals surface area contributed by atoms with Crippen LogP contribution in [0.1, 0.15) is 45.7 Å². The van der Waals surface area contributed by atoms with E-state index in [9.17, 15) is 4.79 Å². The van der Waals surface area contributed by atoms with E-state index in [-0.39, 0.29) is 18.0 Å². The highest BCUT2D eigenvalue weighted by Gasteiger charge is 2.26. The molecule has 0 spiro atoms. The molecule has 2 aromatic carbocycles. The molecule has 1 heterocycles. The third kappa shape index (κ3) is 6.08. The molecule has 0 amide bonds. The van der Waals surface area contributed by atoms with Crippen LogP contribution in [-0.2, 0) is 4.79 Å². The molecule has 0 radical (unpaired) electrons. The first-order chi connectivity index (χ1) is 14.9. The number of nitrogens with zero attached hydrogens (tertiary/aromatic N) is 1. The smallest absolute Gasteiger partial charge is 0.187 e. The van der Waals surface area contributed by atoms with E-state index in [1.165, 1.54) is 0 Å². The van der Waals surface area contributed by atoms with Crippen LogP contribution in [0.3, 0.4) is 0 Å². The molecule has 0 atom stereocenters. The summed E-state index contributed by atoms with van der Waals surface area (Å²) in [5.41, 5.74) is 3.42. The molecule has 0 saturated carbocycles. The van der Waals surface area contributed by atoms with Crippen LogP contribution in [-0.4, -0.2) is 42.5 Å². The second-order valence-corrected chi connectivity index (χ2v) is 8.38. The third-order valence-corrected chi connectivity index (χ3v) is 5.04. The number of likely N-dealkylation sites (tertiary alicyclic amines) is 1. The monoisotopic (exact) mass is 419 g/mol. The number of piperidine rings is 1. The molecule has 1 aliphatic rings. The Labute approximate surface area is 186 Å². The van der Waals surface area contributed by atoms with Crippen molar-refractivity contribution in [1.82, 2.24) is 4.90 Å². The van der Waals surface area contributed by atoms with Crippen LogP contribution in [0, 0.1) is 0 Å². The van der Waals surface area contributed by atoms with Gasteiger partial charge in [-0.2, -0.15) is 0 Å². The van der Waals surface area contributed by atoms with Crippen molar-refractivity contribution in [2.24, 2.45) is 0 Å². The maximum atomic E-state index is 13.4. The molecule has 0 N–H and O–H groups in total. The van der Waals surface area contributed by atoms with E-state index < -0.39 is 0 Å². The van der Waals surface area contributed by atoms with Crippen LogP contribution >= 0.6 is 0 Å². The Kier molecular flexibility index (Phi) is 7.69. The van der Waals surface area contributed by atoms with Crippen LogP contribution in [0.2, 0.25) is 0 Å². The fourth-order valence-corrected chi connectivity index (χ4v) is 3.63. The Morgan fingerprint density at radius 1 is 0.806 bits per heavy atom. The largest absolute Gasteiger partial charge is 0.490 e. The van der Waals surface area contributed by atoms with E-state index in [1.807, 2.05) is 88.4 Å². The van der Waals surface area contributed by atoms with Gasteiger partial charge in [0.2, 0.25) is 0 Å². The predicted molar refractivity (Wildman–Crippen MR) is 127 cm³/mol. The molecule has 31 heavy (non-hydrogen) atoms. The number of benzene rings is 2. The second kappa shape index (κ2) is 10.5. The minimum atomic E-state index is 0.0710. The van der Waals surface area contributed by atoms with Crippen molar-refractivity contribution >= 4 is 17.9 Å². The summed E-state index contributed by atoms with van der Waals surface area (Å²) in [6.07, 6.45) is 4.10. The molecule has 0 aliphatic carbocycles. The Bertz CT molecular complexity index is 896. The van der Waals surface area contributed by atoms with Crippen molar-refractivity contribution in [3.05, 3.63) is 70.8 Å². The second-order valence-electron chi connectivity index (χ2n) is 8.38. The molecule has 1 aliphatic heterocycles. The molecule has 3 rings (SSSR count). The summed E-state index contributed by atoms with van der Waals surface area (Å²) < 4.78 is 11.9. The van der Waals surface area contributed by atoms with Crippen molar-refractivity contribution < 1.29 is 14.3 Å². The standard InChI is InChI=1S/C27H33NO3/c1-6-28-17-23(15-21-11-7-9-13-25(21)30-19(2)3)27(29)24(18-28)16-22-12-8-10-14-26(22)31-20(4)5/h7-16,19-20H,6,17-18H2,1-5H3/b23-15+,24-16+. The van der Waals surface area contributed by atoms with Crippen LogP contribution in [0.25, 0.3) is 12.2 Å². The lowest BCUT2D eigenvalue weighted by Gasteiger charge is -2.29.